The third-order valence-corrected chi connectivity index (χ3v) is 4.76. The number of carbonyl (C=O) groups excluding carboxylic acids is 2. The van der Waals surface area contributed by atoms with E-state index < -0.39 is 5.97 Å². The number of para-hydroxylation sites is 1. The van der Waals surface area contributed by atoms with E-state index in [0.29, 0.717) is 17.0 Å². The Hall–Kier alpha value is -3.06. The van der Waals surface area contributed by atoms with Gasteiger partial charge in [0.2, 0.25) is 0 Å². The van der Waals surface area contributed by atoms with Crippen LogP contribution in [0.5, 0.6) is 5.75 Å². The maximum absolute atomic E-state index is 12.4. The number of esters is 1. The lowest BCUT2D eigenvalue weighted by molar-refractivity contribution is -0.880. The summed E-state index contributed by atoms with van der Waals surface area (Å²) >= 11 is 0. The molecule has 3 rings (SSSR count). The highest BCUT2D eigenvalue weighted by Gasteiger charge is 2.21. The van der Waals surface area contributed by atoms with E-state index in [-0.39, 0.29) is 12.5 Å². The number of hydrogen-bond acceptors (Lipinski definition) is 5. The molecule has 0 aromatic heterocycles. The fraction of sp³-hybridized carbons (Fsp3) is 0.333. The van der Waals surface area contributed by atoms with E-state index in [1.54, 1.807) is 24.3 Å². The summed E-state index contributed by atoms with van der Waals surface area (Å²) in [6, 6.07) is 14.4. The molecular weight excluding hydrogens is 358 g/mol. The normalized spacial score (nSPS) is 14.4. The molecule has 7 nitrogen and oxygen atoms in total. The number of benzene rings is 2. The van der Waals surface area contributed by atoms with Crippen molar-refractivity contribution in [2.24, 2.45) is 0 Å². The fourth-order valence-corrected chi connectivity index (χ4v) is 3.14. The Morgan fingerprint density at radius 1 is 1.11 bits per heavy atom. The van der Waals surface area contributed by atoms with Gasteiger partial charge in [0.15, 0.2) is 6.61 Å². The summed E-state index contributed by atoms with van der Waals surface area (Å²) in [6.07, 6.45) is 0. The van der Waals surface area contributed by atoms with E-state index in [4.69, 9.17) is 9.47 Å². The summed E-state index contributed by atoms with van der Waals surface area (Å²) < 4.78 is 10.3. The third-order valence-electron chi connectivity index (χ3n) is 4.76. The van der Waals surface area contributed by atoms with E-state index in [0.717, 1.165) is 31.9 Å². The molecule has 0 spiro atoms. The average Bonchev–Trinajstić information content (AvgIpc) is 2.73. The second-order valence-electron chi connectivity index (χ2n) is 6.82. The van der Waals surface area contributed by atoms with Gasteiger partial charge in [-0.25, -0.2) is 4.79 Å². The average molecular weight is 384 g/mol. The number of methoxy groups -OCH3 is 1. The fourth-order valence-electron chi connectivity index (χ4n) is 3.14. The minimum absolute atomic E-state index is 0.112. The van der Waals surface area contributed by atoms with Crippen molar-refractivity contribution in [1.29, 1.82) is 0 Å². The molecule has 0 radical (unpaired) electrons. The van der Waals surface area contributed by atoms with Crippen LogP contribution in [0.25, 0.3) is 0 Å². The summed E-state index contributed by atoms with van der Waals surface area (Å²) in [7, 11) is 3.51. The molecule has 2 aromatic rings. The van der Waals surface area contributed by atoms with Gasteiger partial charge in [-0.1, -0.05) is 18.2 Å². The van der Waals surface area contributed by atoms with Gasteiger partial charge in [-0.2, -0.15) is 0 Å². The Kier molecular flexibility index (Phi) is 6.49. The molecular formula is C21H26N3O4+. The number of piperazine rings is 1. The molecule has 1 fully saturated rings. The van der Waals surface area contributed by atoms with Gasteiger partial charge in [-0.15, -0.1) is 0 Å². The number of ether oxygens (including phenoxy) is 2. The molecule has 0 saturated carbocycles. The van der Waals surface area contributed by atoms with E-state index >= 15 is 0 Å². The van der Waals surface area contributed by atoms with E-state index in [9.17, 15) is 9.59 Å². The lowest BCUT2D eigenvalue weighted by atomic mass is 10.1. The number of quaternary nitrogens is 1. The van der Waals surface area contributed by atoms with Crippen LogP contribution >= 0.6 is 0 Å². The number of hydrogen-bond donors (Lipinski definition) is 2. The maximum Gasteiger partial charge on any atom is 0.337 e. The number of nitrogens with one attached hydrogen (secondary N) is 2. The summed E-state index contributed by atoms with van der Waals surface area (Å²) in [5, 5.41) is 2.89. The second-order valence-corrected chi connectivity index (χ2v) is 6.82. The molecule has 28 heavy (non-hydrogen) atoms. The predicted octanol–water partition coefficient (Wildman–Crippen LogP) is 0.825. The first-order chi connectivity index (χ1) is 13.6. The highest BCUT2D eigenvalue weighted by molar-refractivity contribution is 5.98. The first-order valence-corrected chi connectivity index (χ1v) is 9.33. The van der Waals surface area contributed by atoms with Crippen molar-refractivity contribution < 1.29 is 24.0 Å². The first kappa shape index (κ1) is 19.7. The van der Waals surface area contributed by atoms with Gasteiger partial charge in [0.1, 0.15) is 5.75 Å². The molecule has 1 aliphatic heterocycles. The largest absolute Gasteiger partial charge is 0.484 e. The topological polar surface area (TPSA) is 72.3 Å². The summed E-state index contributed by atoms with van der Waals surface area (Å²) in [5.41, 5.74) is 1.88. The van der Waals surface area contributed by atoms with Crippen LogP contribution in [0.4, 0.5) is 11.4 Å². The van der Waals surface area contributed by atoms with Crippen LogP contribution in [0.15, 0.2) is 48.5 Å². The smallest absolute Gasteiger partial charge is 0.337 e. The predicted molar refractivity (Wildman–Crippen MR) is 107 cm³/mol. The summed E-state index contributed by atoms with van der Waals surface area (Å²) in [5.74, 6) is -0.0968. The minimum atomic E-state index is -0.439. The number of anilines is 2. The Bertz CT molecular complexity index is 818. The van der Waals surface area contributed by atoms with Crippen LogP contribution in [-0.4, -0.2) is 58.8 Å². The maximum atomic E-state index is 12.4. The highest BCUT2D eigenvalue weighted by Crippen LogP contribution is 2.28. The summed E-state index contributed by atoms with van der Waals surface area (Å²) in [6.45, 7) is 3.69. The standard InChI is InChI=1S/C21H25N3O4/c1-23-10-12-24(13-11-23)19-9-8-16(21(26)27-2)14-18(19)22-20(25)15-28-17-6-4-3-5-7-17/h3-9,14H,10-13,15H2,1-2H3,(H,22,25)/p+1. The summed E-state index contributed by atoms with van der Waals surface area (Å²) in [4.78, 5) is 28.1. The lowest BCUT2D eigenvalue weighted by Crippen LogP contribution is -3.12. The molecule has 1 amide bonds. The zero-order valence-corrected chi connectivity index (χ0v) is 16.2. The van der Waals surface area contributed by atoms with E-state index in [1.807, 2.05) is 24.3 Å². The van der Waals surface area contributed by atoms with Crippen molar-refractivity contribution in [2.45, 2.75) is 0 Å². The van der Waals surface area contributed by atoms with Gasteiger partial charge in [0, 0.05) is 0 Å². The first-order valence-electron chi connectivity index (χ1n) is 9.33. The molecule has 0 unspecified atom stereocenters. The quantitative estimate of drug-likeness (QED) is 0.722. The molecule has 0 bridgehead atoms. The van der Waals surface area contributed by atoms with E-state index in [2.05, 4.69) is 17.3 Å². The number of carbonyl (C=O) groups is 2. The minimum Gasteiger partial charge on any atom is -0.484 e. The van der Waals surface area contributed by atoms with Crippen LogP contribution in [0.3, 0.4) is 0 Å². The van der Waals surface area contributed by atoms with Gasteiger partial charge >= 0.3 is 5.97 Å². The van der Waals surface area contributed by atoms with Gasteiger partial charge in [0.25, 0.3) is 5.91 Å². The number of rotatable bonds is 6. The van der Waals surface area contributed by atoms with Crippen molar-refractivity contribution in [3.63, 3.8) is 0 Å². The van der Waals surface area contributed by atoms with Crippen LogP contribution in [0.1, 0.15) is 10.4 Å². The molecule has 2 N–H and O–H groups in total. The molecule has 1 aliphatic rings. The van der Waals surface area contributed by atoms with E-state index in [1.165, 1.54) is 12.0 Å². The molecule has 0 aliphatic carbocycles. The number of amides is 1. The van der Waals surface area contributed by atoms with Crippen molar-refractivity contribution in [3.05, 3.63) is 54.1 Å². The second kappa shape index (κ2) is 9.23. The monoisotopic (exact) mass is 384 g/mol. The van der Waals surface area contributed by atoms with Crippen molar-refractivity contribution in [2.75, 3.05) is 57.2 Å². The van der Waals surface area contributed by atoms with Crippen molar-refractivity contribution in [1.82, 2.24) is 0 Å². The van der Waals surface area contributed by atoms with Gasteiger partial charge < -0.3 is 24.6 Å². The molecule has 2 aromatic carbocycles. The van der Waals surface area contributed by atoms with Gasteiger partial charge in [-0.3, -0.25) is 4.79 Å². The molecule has 1 saturated heterocycles. The Morgan fingerprint density at radius 3 is 2.50 bits per heavy atom. The Balaban J connectivity index is 1.75. The SMILES string of the molecule is COC(=O)c1ccc(N2CC[NH+](C)CC2)c(NC(=O)COc2ccccc2)c1. The lowest BCUT2D eigenvalue weighted by Gasteiger charge is -2.33. The van der Waals surface area contributed by atoms with Crippen LogP contribution < -0.4 is 19.9 Å². The molecule has 0 atom stereocenters. The number of nitrogens with zero attached hydrogens (tertiary/aromatic N) is 1. The third kappa shape index (κ3) is 5.01. The van der Waals surface area contributed by atoms with Crippen LogP contribution in [0.2, 0.25) is 0 Å². The zero-order valence-electron chi connectivity index (χ0n) is 16.2. The van der Waals surface area contributed by atoms with Crippen molar-refractivity contribution >= 4 is 23.3 Å². The van der Waals surface area contributed by atoms with Crippen LogP contribution in [0, 0.1) is 0 Å². The molecule has 7 heteroatoms. The Morgan fingerprint density at radius 2 is 1.82 bits per heavy atom. The highest BCUT2D eigenvalue weighted by atomic mass is 16.5. The molecule has 1 heterocycles. The number of likely N-dealkylation sites (N-methyl/N-ethyl adjacent to an activating group) is 1. The molecule has 148 valence electrons. The van der Waals surface area contributed by atoms with Crippen LogP contribution in [-0.2, 0) is 9.53 Å². The van der Waals surface area contributed by atoms with Crippen molar-refractivity contribution in [3.8, 4) is 5.75 Å². The Labute approximate surface area is 164 Å². The van der Waals surface area contributed by atoms with Gasteiger partial charge in [-0.05, 0) is 30.3 Å². The van der Waals surface area contributed by atoms with Gasteiger partial charge in [0.05, 0.1) is 57.3 Å². The zero-order chi connectivity index (χ0) is 19.9.